The molecule has 0 saturated carbocycles. The summed E-state index contributed by atoms with van der Waals surface area (Å²) >= 11 is 17.3. The van der Waals surface area contributed by atoms with Crippen LogP contribution in [0.3, 0.4) is 0 Å². The van der Waals surface area contributed by atoms with E-state index in [1.54, 1.807) is 0 Å². The number of nitrogens with one attached hydrogen (secondary N) is 2. The second-order valence-corrected chi connectivity index (χ2v) is 8.55. The lowest BCUT2D eigenvalue weighted by Gasteiger charge is -2.26. The van der Waals surface area contributed by atoms with Gasteiger partial charge in [-0.25, -0.2) is 9.71 Å². The summed E-state index contributed by atoms with van der Waals surface area (Å²) in [7, 11) is 0. The quantitative estimate of drug-likeness (QED) is 0.137. The zero-order valence-corrected chi connectivity index (χ0v) is 13.2. The van der Waals surface area contributed by atoms with Crippen LogP contribution < -0.4 is 9.81 Å². The van der Waals surface area contributed by atoms with Gasteiger partial charge in [0, 0.05) is 0 Å². The molecule has 0 radical (unpaired) electrons. The van der Waals surface area contributed by atoms with Crippen LogP contribution in [0.1, 0.15) is 0 Å². The average molecular weight is 366 g/mol. The van der Waals surface area contributed by atoms with Gasteiger partial charge in [-0.15, -0.1) is 0 Å². The molecule has 0 bridgehead atoms. The van der Waals surface area contributed by atoms with Crippen molar-refractivity contribution in [3.05, 3.63) is 12.7 Å². The van der Waals surface area contributed by atoms with Crippen molar-refractivity contribution in [3.8, 4) is 0 Å². The third-order valence-corrected chi connectivity index (χ3v) is 3.57. The number of aliphatic imine (C=N–C) groups is 1. The first-order chi connectivity index (χ1) is 8.81. The molecule has 1 atom stereocenters. The maximum absolute atomic E-state index is 11.5. The largest absolute Gasteiger partial charge is 0.391 e. The first-order valence-corrected chi connectivity index (χ1v) is 9.34. The number of carbonyl (C=O) groups is 1. The Labute approximate surface area is 127 Å². The van der Waals surface area contributed by atoms with Crippen molar-refractivity contribution in [2.24, 2.45) is 10.1 Å². The second kappa shape index (κ2) is 7.08. The number of carbonyl (C=O) groups excluding carboxylic acids is 1. The smallest absolute Gasteiger partial charge is 0.322 e. The van der Waals surface area contributed by atoms with Gasteiger partial charge in [0.05, 0.1) is 5.55 Å². The molecule has 1 aliphatic rings. The van der Waals surface area contributed by atoms with Crippen LogP contribution >= 0.6 is 52.0 Å². The maximum Gasteiger partial charge on any atom is 0.322 e. The number of rotatable bonds is 7. The van der Waals surface area contributed by atoms with Crippen molar-refractivity contribution in [2.75, 3.05) is 6.61 Å². The highest BCUT2D eigenvalue weighted by molar-refractivity contribution is 8.10. The molecule has 0 saturated heterocycles. The minimum atomic E-state index is -3.78. The van der Waals surface area contributed by atoms with Crippen molar-refractivity contribution in [1.82, 2.24) is 9.81 Å². The summed E-state index contributed by atoms with van der Waals surface area (Å²) in [6, 6.07) is 0. The summed E-state index contributed by atoms with van der Waals surface area (Å²) in [5.41, 5.74) is 0.943. The summed E-state index contributed by atoms with van der Waals surface area (Å²) in [5, 5.41) is 4.80. The molecule has 19 heavy (non-hydrogen) atoms. The van der Waals surface area contributed by atoms with Crippen molar-refractivity contribution < 1.29 is 14.2 Å². The zero-order valence-electron chi connectivity index (χ0n) is 9.18. The Kier molecular flexibility index (Phi) is 6.32. The Morgan fingerprint density at radius 2 is 2.42 bits per heavy atom. The van der Waals surface area contributed by atoms with E-state index in [-0.39, 0.29) is 6.61 Å². The van der Waals surface area contributed by atoms with Gasteiger partial charge in [-0.05, 0) is 46.0 Å². The molecule has 1 heterocycles. The fourth-order valence-electron chi connectivity index (χ4n) is 1.04. The zero-order chi connectivity index (χ0) is 14.5. The number of hydrogen-bond acceptors (Lipinski definition) is 7. The van der Waals surface area contributed by atoms with Crippen LogP contribution in [0.2, 0.25) is 0 Å². The predicted molar refractivity (Wildman–Crippen MR) is 78.8 cm³/mol. The van der Waals surface area contributed by atoms with E-state index in [0.717, 1.165) is 11.9 Å². The summed E-state index contributed by atoms with van der Waals surface area (Å²) < 4.78 is 14.1. The van der Waals surface area contributed by atoms with Crippen molar-refractivity contribution >= 4 is 68.5 Å². The number of nitrogens with zero attached hydrogens (tertiary/aromatic N) is 2. The topological polar surface area (TPSA) is 92.1 Å². The minimum absolute atomic E-state index is 0.0417. The SMILES string of the molecule is C=CCON=C(C(=O)Cl)C1(NP(=O)(Cl)Cl)N=CSN1. The Hall–Kier alpha value is -0.0800. The molecular weight excluding hydrogens is 358 g/mol. The fraction of sp³-hybridized carbons (Fsp3) is 0.286. The van der Waals surface area contributed by atoms with Crippen LogP contribution in [0.15, 0.2) is 22.8 Å². The van der Waals surface area contributed by atoms with Gasteiger partial charge in [0.15, 0.2) is 5.71 Å². The summed E-state index contributed by atoms with van der Waals surface area (Å²) in [6.45, 7) is 3.45. The van der Waals surface area contributed by atoms with Crippen LogP contribution in [0, 0.1) is 0 Å². The highest BCUT2D eigenvalue weighted by Gasteiger charge is 2.46. The second-order valence-electron chi connectivity index (χ2n) is 3.04. The van der Waals surface area contributed by atoms with Gasteiger partial charge in [0.25, 0.3) is 5.24 Å². The predicted octanol–water partition coefficient (Wildman–Crippen LogP) is 2.42. The van der Waals surface area contributed by atoms with Gasteiger partial charge in [0.2, 0.25) is 5.79 Å². The normalized spacial score (nSPS) is 23.4. The summed E-state index contributed by atoms with van der Waals surface area (Å²) in [5.74, 6) is -5.49. The molecule has 0 aromatic heterocycles. The van der Waals surface area contributed by atoms with Crippen LogP contribution in [0.25, 0.3) is 0 Å². The molecule has 12 heteroatoms. The summed E-state index contributed by atoms with van der Waals surface area (Å²) in [4.78, 5) is 20.1. The number of halogens is 3. The van der Waals surface area contributed by atoms with Gasteiger partial charge in [0.1, 0.15) is 6.61 Å². The van der Waals surface area contributed by atoms with Crippen LogP contribution in [-0.2, 0) is 14.2 Å². The molecule has 0 aromatic carbocycles. The molecule has 1 aliphatic heterocycles. The van der Waals surface area contributed by atoms with Gasteiger partial charge >= 0.3 is 6.00 Å². The van der Waals surface area contributed by atoms with E-state index < -0.39 is 22.7 Å². The standard InChI is InChI=1S/C7H8Cl3N4O3PS/c1-2-3-17-12-5(6(8)15)7(11-4-19-14-7)13-18(9,10)16/h2,4,14H,1,3H2,(H,13,16). The molecule has 0 aromatic rings. The van der Waals surface area contributed by atoms with Crippen LogP contribution in [0.4, 0.5) is 0 Å². The lowest BCUT2D eigenvalue weighted by molar-refractivity contribution is -0.106. The Morgan fingerprint density at radius 3 is 2.84 bits per heavy atom. The van der Waals surface area contributed by atoms with E-state index in [1.165, 1.54) is 11.6 Å². The Balaban J connectivity index is 3.10. The number of oxime groups is 1. The molecule has 0 amide bonds. The molecule has 7 nitrogen and oxygen atoms in total. The van der Waals surface area contributed by atoms with Crippen LogP contribution in [0.5, 0.6) is 0 Å². The minimum Gasteiger partial charge on any atom is -0.391 e. The van der Waals surface area contributed by atoms with E-state index in [0.29, 0.717) is 0 Å². The molecule has 0 aliphatic carbocycles. The Bertz CT molecular complexity index is 482. The fourth-order valence-corrected chi connectivity index (χ4v) is 3.26. The lowest BCUT2D eigenvalue weighted by Crippen LogP contribution is -2.56. The first kappa shape index (κ1) is 17.0. The molecule has 106 valence electrons. The molecule has 1 rings (SSSR count). The molecule has 1 unspecified atom stereocenters. The van der Waals surface area contributed by atoms with E-state index >= 15 is 0 Å². The lowest BCUT2D eigenvalue weighted by atomic mass is 10.2. The third-order valence-electron chi connectivity index (χ3n) is 1.67. The highest BCUT2D eigenvalue weighted by Crippen LogP contribution is 2.54. The molecular formula is C7H8Cl3N4O3PS. The summed E-state index contributed by atoms with van der Waals surface area (Å²) in [6.07, 6.45) is 1.41. The van der Waals surface area contributed by atoms with Gasteiger partial charge in [-0.2, -0.15) is 5.09 Å². The third kappa shape index (κ3) is 5.07. The highest BCUT2D eigenvalue weighted by atomic mass is 35.9. The van der Waals surface area contributed by atoms with Gasteiger partial charge in [-0.3, -0.25) is 9.36 Å². The van der Waals surface area contributed by atoms with Gasteiger partial charge in [-0.1, -0.05) is 17.8 Å². The first-order valence-electron chi connectivity index (χ1n) is 4.57. The van der Waals surface area contributed by atoms with Crippen molar-refractivity contribution in [3.63, 3.8) is 0 Å². The molecule has 0 fully saturated rings. The van der Waals surface area contributed by atoms with Crippen LogP contribution in [-0.4, -0.2) is 28.9 Å². The van der Waals surface area contributed by atoms with E-state index in [1.807, 2.05) is 0 Å². The van der Waals surface area contributed by atoms with Gasteiger partial charge < -0.3 is 4.84 Å². The monoisotopic (exact) mass is 364 g/mol. The maximum atomic E-state index is 11.5. The molecule has 2 N–H and O–H groups in total. The van der Waals surface area contributed by atoms with E-state index in [4.69, 9.17) is 38.9 Å². The Morgan fingerprint density at radius 1 is 1.74 bits per heavy atom. The molecule has 0 spiro atoms. The van der Waals surface area contributed by atoms with Crippen molar-refractivity contribution in [1.29, 1.82) is 0 Å². The van der Waals surface area contributed by atoms with Crippen molar-refractivity contribution in [2.45, 2.75) is 5.79 Å². The number of hydrogen-bond donors (Lipinski definition) is 2. The van der Waals surface area contributed by atoms with E-state index in [9.17, 15) is 9.36 Å². The van der Waals surface area contributed by atoms with E-state index in [2.05, 4.69) is 26.5 Å². The average Bonchev–Trinajstić information content (AvgIpc) is 2.70.